The zero-order valence-corrected chi connectivity index (χ0v) is 26.6. The van der Waals surface area contributed by atoms with E-state index in [4.69, 9.17) is 16.4 Å². The molecule has 1 saturated carbocycles. The fourth-order valence-electron chi connectivity index (χ4n) is 6.60. The van der Waals surface area contributed by atoms with E-state index < -0.39 is 38.4 Å². The molecule has 4 unspecified atom stereocenters. The average molecular weight is 661 g/mol. The summed E-state index contributed by atoms with van der Waals surface area (Å²) in [6.07, 6.45) is 5.17. The van der Waals surface area contributed by atoms with Gasteiger partial charge in [-0.25, -0.2) is 21.6 Å². The van der Waals surface area contributed by atoms with Crippen molar-refractivity contribution in [3.8, 4) is 0 Å². The third-order valence-electron chi connectivity index (χ3n) is 9.12. The van der Waals surface area contributed by atoms with Crippen LogP contribution >= 0.6 is 11.6 Å². The van der Waals surface area contributed by atoms with Crippen LogP contribution in [-0.2, 0) is 21.2 Å². The topological polar surface area (TPSA) is 84.5 Å². The standard InChI is InChI=1S/C34H36ClF3N2O4S/c1-3-22(19-44-39-18-21-7-5-4-6-8-21)20(2)26-13-23-9-10-24(14-26)33(23)45(42,43)31-15-25(11-12-28(31)35)34(41)40-27-16-29(36)32(38)30(37)17-27/h4-8,11-13,15-17,20,22-24,33,39H,3,9-10,14,18-19H2,1-2H3,(H,40,41)/t20?,22?,23-,24?,33?/m0/s1. The number of fused-ring (bicyclic) bond motifs is 2. The first-order chi connectivity index (χ1) is 21.5. The van der Waals surface area contributed by atoms with Crippen molar-refractivity contribution in [3.63, 3.8) is 0 Å². The predicted molar refractivity (Wildman–Crippen MR) is 168 cm³/mol. The quantitative estimate of drug-likeness (QED) is 0.0893. The summed E-state index contributed by atoms with van der Waals surface area (Å²) in [6, 6.07) is 15.1. The Kier molecular flexibility index (Phi) is 10.4. The number of rotatable bonds is 12. The molecule has 0 spiro atoms. The van der Waals surface area contributed by atoms with E-state index in [-0.39, 0.29) is 44.8 Å². The van der Waals surface area contributed by atoms with Gasteiger partial charge in [0, 0.05) is 29.9 Å². The number of hydrogen-bond acceptors (Lipinski definition) is 5. The van der Waals surface area contributed by atoms with Crippen molar-refractivity contribution in [2.24, 2.45) is 23.7 Å². The molecule has 0 aliphatic heterocycles. The van der Waals surface area contributed by atoms with Gasteiger partial charge < -0.3 is 10.2 Å². The zero-order valence-electron chi connectivity index (χ0n) is 25.0. The van der Waals surface area contributed by atoms with Crippen LogP contribution in [0.2, 0.25) is 5.02 Å². The van der Waals surface area contributed by atoms with Gasteiger partial charge in [0.15, 0.2) is 27.3 Å². The van der Waals surface area contributed by atoms with E-state index in [1.165, 1.54) is 23.8 Å². The van der Waals surface area contributed by atoms with Gasteiger partial charge in [0.25, 0.3) is 5.91 Å². The Balaban J connectivity index is 1.28. The van der Waals surface area contributed by atoms with Crippen molar-refractivity contribution in [2.75, 3.05) is 11.9 Å². The fourth-order valence-corrected chi connectivity index (χ4v) is 9.38. The molecule has 0 heterocycles. The van der Waals surface area contributed by atoms with E-state index in [2.05, 4.69) is 30.7 Å². The minimum absolute atomic E-state index is 0.0147. The third-order valence-corrected chi connectivity index (χ3v) is 12.0. The number of carbonyl (C=O) groups excluding carboxylic acids is 1. The van der Waals surface area contributed by atoms with Gasteiger partial charge in [0.2, 0.25) is 0 Å². The number of hydroxylamine groups is 1. The van der Waals surface area contributed by atoms with E-state index in [1.807, 2.05) is 30.3 Å². The molecule has 0 radical (unpaired) electrons. The number of allylic oxidation sites excluding steroid dienone is 2. The summed E-state index contributed by atoms with van der Waals surface area (Å²) < 4.78 is 68.8. The molecule has 1 fully saturated rings. The molecule has 2 aliphatic carbocycles. The van der Waals surface area contributed by atoms with Crippen LogP contribution in [0.4, 0.5) is 18.9 Å². The van der Waals surface area contributed by atoms with Crippen LogP contribution in [-0.4, -0.2) is 26.2 Å². The number of amides is 1. The smallest absolute Gasteiger partial charge is 0.255 e. The highest BCUT2D eigenvalue weighted by Crippen LogP contribution is 2.49. The molecule has 5 atom stereocenters. The highest BCUT2D eigenvalue weighted by Gasteiger charge is 2.48. The Bertz CT molecular complexity index is 1660. The number of nitrogens with one attached hydrogen (secondary N) is 2. The van der Waals surface area contributed by atoms with Crippen LogP contribution < -0.4 is 10.8 Å². The Labute approximate surface area is 266 Å². The van der Waals surface area contributed by atoms with Gasteiger partial charge in [-0.1, -0.05) is 73.9 Å². The first kappa shape index (κ1) is 33.2. The first-order valence-electron chi connectivity index (χ1n) is 15.1. The lowest BCUT2D eigenvalue weighted by molar-refractivity contribution is 0.00333. The Morgan fingerprint density at radius 1 is 1.04 bits per heavy atom. The molecule has 6 nitrogen and oxygen atoms in total. The summed E-state index contributed by atoms with van der Waals surface area (Å²) in [7, 11) is -3.96. The van der Waals surface area contributed by atoms with E-state index in [1.54, 1.807) is 0 Å². The maximum Gasteiger partial charge on any atom is 0.255 e. The molecule has 0 saturated heterocycles. The molecule has 240 valence electrons. The Morgan fingerprint density at radius 3 is 2.42 bits per heavy atom. The molecule has 0 aromatic heterocycles. The summed E-state index contributed by atoms with van der Waals surface area (Å²) in [5.74, 6) is -5.24. The highest BCUT2D eigenvalue weighted by atomic mass is 35.5. The van der Waals surface area contributed by atoms with Crippen molar-refractivity contribution in [2.45, 2.75) is 56.2 Å². The summed E-state index contributed by atoms with van der Waals surface area (Å²) in [5, 5.41) is 1.59. The summed E-state index contributed by atoms with van der Waals surface area (Å²) >= 11 is 6.39. The highest BCUT2D eigenvalue weighted by molar-refractivity contribution is 7.92. The molecule has 3 aromatic rings. The number of hydrogen-bond donors (Lipinski definition) is 2. The summed E-state index contributed by atoms with van der Waals surface area (Å²) in [4.78, 5) is 18.6. The molecule has 2 bridgehead atoms. The number of carbonyl (C=O) groups is 1. The third kappa shape index (κ3) is 7.30. The number of sulfone groups is 1. The van der Waals surface area contributed by atoms with Crippen LogP contribution in [0.1, 0.15) is 55.5 Å². The van der Waals surface area contributed by atoms with Crippen LogP contribution in [0.3, 0.4) is 0 Å². The van der Waals surface area contributed by atoms with Crippen LogP contribution in [0, 0.1) is 41.1 Å². The van der Waals surface area contributed by atoms with Crippen molar-refractivity contribution < 1.29 is 31.2 Å². The lowest BCUT2D eigenvalue weighted by atomic mass is 9.77. The average Bonchev–Trinajstić information content (AvgIpc) is 3.30. The fraction of sp³-hybridized carbons (Fsp3) is 0.382. The number of halogens is 4. The van der Waals surface area contributed by atoms with E-state index in [0.29, 0.717) is 31.7 Å². The second kappa shape index (κ2) is 14.1. The largest absolute Gasteiger partial charge is 0.322 e. The maximum atomic E-state index is 14.1. The molecule has 5 rings (SSSR count). The lowest BCUT2D eigenvalue weighted by Gasteiger charge is -2.34. The molecule has 11 heteroatoms. The van der Waals surface area contributed by atoms with Crippen molar-refractivity contribution >= 4 is 33.0 Å². The Hall–Kier alpha value is -3.18. The second-order valence-corrected chi connectivity index (χ2v) is 14.4. The van der Waals surface area contributed by atoms with Gasteiger partial charge in [-0.2, -0.15) is 5.48 Å². The first-order valence-corrected chi connectivity index (χ1v) is 17.0. The molecule has 2 aliphatic rings. The van der Waals surface area contributed by atoms with Crippen LogP contribution in [0.25, 0.3) is 0 Å². The number of benzene rings is 3. The summed E-state index contributed by atoms with van der Waals surface area (Å²) in [6.45, 7) is 5.43. The monoisotopic (exact) mass is 660 g/mol. The van der Waals surface area contributed by atoms with E-state index >= 15 is 0 Å². The summed E-state index contributed by atoms with van der Waals surface area (Å²) in [5.41, 5.74) is 5.04. The second-order valence-electron chi connectivity index (χ2n) is 11.9. The maximum absolute atomic E-state index is 14.1. The van der Waals surface area contributed by atoms with Gasteiger partial charge >= 0.3 is 0 Å². The normalized spacial score (nSPS) is 20.8. The lowest BCUT2D eigenvalue weighted by Crippen LogP contribution is -2.35. The SMILES string of the molecule is CCC(CONCc1ccccc1)C(C)C1=C[C@@H]2CCC(C1)C2S(=O)(=O)c1cc(C(=O)Nc2cc(F)c(F)c(F)c2)ccc1Cl. The van der Waals surface area contributed by atoms with Gasteiger partial charge in [-0.05, 0) is 66.7 Å². The molecular formula is C34H36ClF3N2O4S. The van der Waals surface area contributed by atoms with Crippen molar-refractivity contribution in [1.82, 2.24) is 5.48 Å². The zero-order chi connectivity index (χ0) is 32.3. The molecule has 1 amide bonds. The van der Waals surface area contributed by atoms with Gasteiger partial charge in [-0.15, -0.1) is 0 Å². The van der Waals surface area contributed by atoms with E-state index in [9.17, 15) is 26.4 Å². The van der Waals surface area contributed by atoms with Gasteiger partial charge in [-0.3, -0.25) is 4.79 Å². The molecular weight excluding hydrogens is 625 g/mol. The minimum atomic E-state index is -3.96. The van der Waals surface area contributed by atoms with Gasteiger partial charge in [0.05, 0.1) is 21.8 Å². The van der Waals surface area contributed by atoms with Crippen molar-refractivity contribution in [3.05, 3.63) is 106 Å². The molecule has 2 N–H and O–H groups in total. The predicted octanol–water partition coefficient (Wildman–Crippen LogP) is 7.89. The molecule has 45 heavy (non-hydrogen) atoms. The minimum Gasteiger partial charge on any atom is -0.322 e. The number of anilines is 1. The molecule has 3 aromatic carbocycles. The van der Waals surface area contributed by atoms with Crippen LogP contribution in [0.5, 0.6) is 0 Å². The Morgan fingerprint density at radius 2 is 1.76 bits per heavy atom. The van der Waals surface area contributed by atoms with Crippen LogP contribution in [0.15, 0.2) is 77.2 Å². The van der Waals surface area contributed by atoms with Gasteiger partial charge in [0.1, 0.15) is 0 Å². The van der Waals surface area contributed by atoms with E-state index in [0.717, 1.165) is 24.8 Å². The van der Waals surface area contributed by atoms with Crippen molar-refractivity contribution in [1.29, 1.82) is 0 Å².